The quantitative estimate of drug-likeness (QED) is 0.236. The van der Waals surface area contributed by atoms with Crippen LogP contribution >= 0.6 is 11.3 Å². The molecule has 0 fully saturated rings. The maximum atomic E-state index is 13.6. The van der Waals surface area contributed by atoms with Crippen molar-refractivity contribution in [3.8, 4) is 34.2 Å². The molecule has 38 heavy (non-hydrogen) atoms. The zero-order chi connectivity index (χ0) is 26.6. The van der Waals surface area contributed by atoms with Gasteiger partial charge in [0.15, 0.2) is 0 Å². The number of hydrogen-bond donors (Lipinski definition) is 1. The largest absolute Gasteiger partial charge is 0.494 e. The number of nitriles is 1. The van der Waals surface area contributed by atoms with Crippen LogP contribution in [0.25, 0.3) is 33.3 Å². The second kappa shape index (κ2) is 10.9. The number of amides is 1. The third-order valence-electron chi connectivity index (χ3n) is 6.42. The number of hydrogen-bond acceptors (Lipinski definition) is 5. The molecule has 6 heteroatoms. The first-order valence-electron chi connectivity index (χ1n) is 12.5. The van der Waals surface area contributed by atoms with Crippen LogP contribution in [0.4, 0.5) is 5.00 Å². The Kier molecular flexibility index (Phi) is 7.21. The maximum absolute atomic E-state index is 13.6. The van der Waals surface area contributed by atoms with Gasteiger partial charge >= 0.3 is 0 Å². The van der Waals surface area contributed by atoms with Gasteiger partial charge in [-0.2, -0.15) is 5.26 Å². The van der Waals surface area contributed by atoms with E-state index in [4.69, 9.17) is 9.72 Å². The zero-order valence-corrected chi connectivity index (χ0v) is 22.3. The summed E-state index contributed by atoms with van der Waals surface area (Å²) in [5.41, 5.74) is 6.21. The summed E-state index contributed by atoms with van der Waals surface area (Å²) in [7, 11) is 0. The van der Waals surface area contributed by atoms with Crippen molar-refractivity contribution >= 4 is 33.1 Å². The number of carbonyl (C=O) groups is 1. The predicted octanol–water partition coefficient (Wildman–Crippen LogP) is 8.28. The first-order valence-corrected chi connectivity index (χ1v) is 13.4. The highest BCUT2D eigenvalue weighted by atomic mass is 32.1. The van der Waals surface area contributed by atoms with E-state index in [0.29, 0.717) is 34.3 Å². The molecular weight excluding hydrogens is 490 g/mol. The molecule has 0 spiro atoms. The minimum atomic E-state index is -0.286. The van der Waals surface area contributed by atoms with E-state index >= 15 is 0 Å². The monoisotopic (exact) mass is 517 g/mol. The summed E-state index contributed by atoms with van der Waals surface area (Å²) in [5.74, 6) is 0.890. The highest BCUT2D eigenvalue weighted by Gasteiger charge is 2.19. The van der Waals surface area contributed by atoms with Crippen molar-refractivity contribution in [2.45, 2.75) is 26.7 Å². The van der Waals surface area contributed by atoms with Gasteiger partial charge in [0.05, 0.1) is 28.9 Å². The number of para-hydroxylation sites is 1. The molecule has 188 valence electrons. The average Bonchev–Trinajstić information content (AvgIpc) is 3.35. The van der Waals surface area contributed by atoms with Crippen LogP contribution in [0.15, 0.2) is 84.2 Å². The second-order valence-corrected chi connectivity index (χ2v) is 10.1. The van der Waals surface area contributed by atoms with Crippen LogP contribution in [0, 0.1) is 11.3 Å². The minimum absolute atomic E-state index is 0.286. The number of nitrogens with zero attached hydrogens (tertiary/aromatic N) is 2. The molecule has 0 bridgehead atoms. The lowest BCUT2D eigenvalue weighted by atomic mass is 9.98. The molecule has 2 heterocycles. The van der Waals surface area contributed by atoms with E-state index in [1.807, 2.05) is 73.0 Å². The molecule has 2 aromatic heterocycles. The standard InChI is InChI=1S/C32H27N3O2S/c1-4-37-24-9-7-8-23(16-24)30-17-26(25-10-5-6-11-29(25)34-30)31(36)35-32-27(18-33)28(19-38-32)22-14-12-21(13-15-22)20(2)3/h5-17,19-20H,4H2,1-3H3,(H,35,36). The first-order chi connectivity index (χ1) is 18.5. The van der Waals surface area contributed by atoms with Crippen LogP contribution in [0.2, 0.25) is 0 Å². The van der Waals surface area contributed by atoms with Crippen LogP contribution in [-0.2, 0) is 0 Å². The predicted molar refractivity (Wildman–Crippen MR) is 155 cm³/mol. The number of ether oxygens (including phenoxy) is 1. The van der Waals surface area contributed by atoms with Crippen molar-refractivity contribution in [2.75, 3.05) is 11.9 Å². The van der Waals surface area contributed by atoms with Gasteiger partial charge in [-0.3, -0.25) is 4.79 Å². The summed E-state index contributed by atoms with van der Waals surface area (Å²) in [4.78, 5) is 18.5. The maximum Gasteiger partial charge on any atom is 0.257 e. The fourth-order valence-electron chi connectivity index (χ4n) is 4.41. The average molecular weight is 518 g/mol. The summed E-state index contributed by atoms with van der Waals surface area (Å²) in [5, 5.41) is 16.2. The number of thiophene rings is 1. The molecule has 0 radical (unpaired) electrons. The molecule has 5 nitrogen and oxygen atoms in total. The molecule has 1 N–H and O–H groups in total. The normalized spacial score (nSPS) is 10.9. The van der Waals surface area contributed by atoms with E-state index in [2.05, 4.69) is 37.4 Å². The number of nitrogens with one attached hydrogen (secondary N) is 1. The van der Waals surface area contributed by atoms with Gasteiger partial charge in [-0.25, -0.2) is 4.98 Å². The number of anilines is 1. The SMILES string of the molecule is CCOc1cccc(-c2cc(C(=O)Nc3scc(-c4ccc(C(C)C)cc4)c3C#N)c3ccccc3n2)c1. The summed E-state index contributed by atoms with van der Waals surface area (Å²) >= 11 is 1.36. The Morgan fingerprint density at radius 3 is 2.55 bits per heavy atom. The Bertz CT molecular complexity index is 1660. The van der Waals surface area contributed by atoms with Crippen molar-refractivity contribution < 1.29 is 9.53 Å². The van der Waals surface area contributed by atoms with Gasteiger partial charge in [0.25, 0.3) is 5.91 Å². The van der Waals surface area contributed by atoms with Crippen LogP contribution in [0.3, 0.4) is 0 Å². The summed E-state index contributed by atoms with van der Waals surface area (Å²) in [6.45, 7) is 6.80. The van der Waals surface area contributed by atoms with E-state index in [9.17, 15) is 10.1 Å². The first kappa shape index (κ1) is 25.2. The molecule has 0 saturated heterocycles. The second-order valence-electron chi connectivity index (χ2n) is 9.23. The van der Waals surface area contributed by atoms with Gasteiger partial charge in [-0.15, -0.1) is 11.3 Å². The minimum Gasteiger partial charge on any atom is -0.494 e. The fourth-order valence-corrected chi connectivity index (χ4v) is 5.33. The lowest BCUT2D eigenvalue weighted by molar-refractivity contribution is 0.102. The zero-order valence-electron chi connectivity index (χ0n) is 21.5. The molecule has 0 atom stereocenters. The van der Waals surface area contributed by atoms with Gasteiger partial charge in [-0.05, 0) is 48.2 Å². The van der Waals surface area contributed by atoms with Crippen molar-refractivity contribution in [2.24, 2.45) is 0 Å². The van der Waals surface area contributed by atoms with Gasteiger partial charge in [-0.1, -0.05) is 68.4 Å². The molecule has 0 aliphatic carbocycles. The summed E-state index contributed by atoms with van der Waals surface area (Å²) in [6.07, 6.45) is 0. The van der Waals surface area contributed by atoms with E-state index in [0.717, 1.165) is 33.3 Å². The Morgan fingerprint density at radius 1 is 1.03 bits per heavy atom. The highest BCUT2D eigenvalue weighted by Crippen LogP contribution is 2.36. The lowest BCUT2D eigenvalue weighted by Gasteiger charge is -2.11. The van der Waals surface area contributed by atoms with Crippen LogP contribution in [0.5, 0.6) is 5.75 Å². The van der Waals surface area contributed by atoms with E-state index in [-0.39, 0.29) is 5.91 Å². The number of rotatable bonds is 7. The molecule has 3 aromatic carbocycles. The molecule has 0 saturated carbocycles. The third-order valence-corrected chi connectivity index (χ3v) is 7.32. The Labute approximate surface area is 226 Å². The van der Waals surface area contributed by atoms with Gasteiger partial charge in [0, 0.05) is 21.9 Å². The Balaban J connectivity index is 1.51. The highest BCUT2D eigenvalue weighted by molar-refractivity contribution is 7.15. The van der Waals surface area contributed by atoms with E-state index < -0.39 is 0 Å². The van der Waals surface area contributed by atoms with Crippen molar-refractivity contribution in [3.63, 3.8) is 0 Å². The van der Waals surface area contributed by atoms with E-state index in [1.165, 1.54) is 16.9 Å². The summed E-state index contributed by atoms with van der Waals surface area (Å²) in [6, 6.07) is 27.6. The number of pyridine rings is 1. The number of carbonyl (C=O) groups excluding carboxylic acids is 1. The van der Waals surface area contributed by atoms with Gasteiger partial charge in [0.2, 0.25) is 0 Å². The molecule has 0 aliphatic heterocycles. The van der Waals surface area contributed by atoms with Crippen LogP contribution in [-0.4, -0.2) is 17.5 Å². The Morgan fingerprint density at radius 2 is 1.82 bits per heavy atom. The van der Waals surface area contributed by atoms with Gasteiger partial charge in [0.1, 0.15) is 16.8 Å². The van der Waals surface area contributed by atoms with Crippen molar-refractivity contribution in [1.82, 2.24) is 4.98 Å². The van der Waals surface area contributed by atoms with Crippen molar-refractivity contribution in [3.05, 3.63) is 101 Å². The molecule has 0 unspecified atom stereocenters. The van der Waals surface area contributed by atoms with Crippen molar-refractivity contribution in [1.29, 1.82) is 5.26 Å². The lowest BCUT2D eigenvalue weighted by Crippen LogP contribution is -2.13. The molecule has 5 rings (SSSR count). The topological polar surface area (TPSA) is 75.0 Å². The number of aromatic nitrogens is 1. The summed E-state index contributed by atoms with van der Waals surface area (Å²) < 4.78 is 5.66. The van der Waals surface area contributed by atoms with Gasteiger partial charge < -0.3 is 10.1 Å². The van der Waals surface area contributed by atoms with Crippen LogP contribution < -0.4 is 10.1 Å². The fraction of sp³-hybridized carbons (Fsp3) is 0.156. The van der Waals surface area contributed by atoms with E-state index in [1.54, 1.807) is 6.07 Å². The molecular formula is C32H27N3O2S. The third kappa shape index (κ3) is 5.02. The number of fused-ring (bicyclic) bond motifs is 1. The molecule has 0 aliphatic rings. The smallest absolute Gasteiger partial charge is 0.257 e. The van der Waals surface area contributed by atoms with Crippen LogP contribution in [0.1, 0.15) is 48.2 Å². The number of benzene rings is 3. The molecule has 5 aromatic rings. The molecule has 1 amide bonds. The Hall–Kier alpha value is -4.47.